The number of benzene rings is 2. The van der Waals surface area contributed by atoms with Gasteiger partial charge in [0.15, 0.2) is 0 Å². The maximum Gasteiger partial charge on any atom is 0.523 e. The maximum atomic E-state index is 12.4. The lowest BCUT2D eigenvalue weighted by Gasteiger charge is -2.18. The predicted octanol–water partition coefficient (Wildman–Crippen LogP) is 5.46. The molecule has 0 saturated carbocycles. The molecule has 0 aliphatic carbocycles. The van der Waals surface area contributed by atoms with E-state index < -0.39 is 18.4 Å². The van der Waals surface area contributed by atoms with Crippen molar-refractivity contribution in [2.24, 2.45) is 0 Å². The lowest BCUT2D eigenvalue weighted by molar-refractivity contribution is -0.345. The van der Waals surface area contributed by atoms with Gasteiger partial charge in [0.1, 0.15) is 18.1 Å². The van der Waals surface area contributed by atoms with Gasteiger partial charge in [-0.15, -0.1) is 13.2 Å². The van der Waals surface area contributed by atoms with Gasteiger partial charge in [-0.1, -0.05) is 31.7 Å². The highest BCUT2D eigenvalue weighted by Crippen LogP contribution is 2.30. The first-order valence-electron chi connectivity index (χ1n) is 8.23. The van der Waals surface area contributed by atoms with Gasteiger partial charge in [-0.2, -0.15) is 0 Å². The molecule has 27 heavy (non-hydrogen) atoms. The van der Waals surface area contributed by atoms with Gasteiger partial charge < -0.3 is 9.47 Å². The highest BCUT2D eigenvalue weighted by molar-refractivity contribution is 5.91. The minimum absolute atomic E-state index is 0.142. The molecule has 1 atom stereocenters. The van der Waals surface area contributed by atoms with Crippen LogP contribution in [0.15, 0.2) is 61.2 Å². The summed E-state index contributed by atoms with van der Waals surface area (Å²) in [5, 5.41) is 0. The highest BCUT2D eigenvalue weighted by atomic mass is 19.4. The van der Waals surface area contributed by atoms with Crippen LogP contribution in [0.3, 0.4) is 0 Å². The molecule has 0 heterocycles. The van der Waals surface area contributed by atoms with Gasteiger partial charge in [0.2, 0.25) is 0 Å². The molecule has 0 spiro atoms. The van der Waals surface area contributed by atoms with Crippen LogP contribution in [0, 0.1) is 0 Å². The van der Waals surface area contributed by atoms with Crippen LogP contribution in [0.1, 0.15) is 35.4 Å². The van der Waals surface area contributed by atoms with Gasteiger partial charge in [0.25, 0.3) is 0 Å². The number of esters is 1. The molecule has 0 aromatic heterocycles. The molecule has 2 aromatic carbocycles. The van der Waals surface area contributed by atoms with Crippen molar-refractivity contribution in [3.63, 3.8) is 0 Å². The zero-order valence-corrected chi connectivity index (χ0v) is 14.7. The molecule has 0 amide bonds. The second-order valence-corrected chi connectivity index (χ2v) is 5.54. The smallest absolute Gasteiger partial charge is 0.490 e. The van der Waals surface area contributed by atoms with Crippen molar-refractivity contribution in [1.29, 1.82) is 0 Å². The number of carbonyl (C=O) groups excluding carboxylic acids is 1. The zero-order valence-electron chi connectivity index (χ0n) is 14.7. The molecule has 0 N–H and O–H groups in total. The molecule has 1 unspecified atom stereocenters. The van der Waals surface area contributed by atoms with Crippen molar-refractivity contribution in [3.8, 4) is 11.5 Å². The fourth-order valence-corrected chi connectivity index (χ4v) is 2.31. The molecule has 4 nitrogen and oxygen atoms in total. The van der Waals surface area contributed by atoms with Crippen LogP contribution in [0.5, 0.6) is 11.5 Å². The lowest BCUT2D eigenvalue weighted by Crippen LogP contribution is -2.18. The van der Waals surface area contributed by atoms with Crippen LogP contribution >= 0.6 is 0 Å². The van der Waals surface area contributed by atoms with Crippen molar-refractivity contribution in [2.75, 3.05) is 6.61 Å². The number of carbonyl (C=O) groups is 1. The third-order valence-corrected chi connectivity index (χ3v) is 3.57. The van der Waals surface area contributed by atoms with Gasteiger partial charge in [-0.05, 0) is 48.4 Å². The van der Waals surface area contributed by atoms with E-state index in [1.807, 2.05) is 0 Å². The van der Waals surface area contributed by atoms with E-state index >= 15 is 0 Å². The number of ether oxygens (including phenoxy) is 3. The standard InChI is InChI=1S/C20H19F3O4/c1-3-13-25-16-9-11-17(12-10-16)26-19(24)15-7-5-14(6-8-15)18(4-2)27-20(21,22)23/h3,5-12,18H,1,4,13H2,2H3. The molecule has 0 fully saturated rings. The first-order chi connectivity index (χ1) is 12.8. The molecule has 0 saturated heterocycles. The first kappa shape index (κ1) is 20.5. The van der Waals surface area contributed by atoms with Gasteiger partial charge in [-0.25, -0.2) is 4.79 Å². The van der Waals surface area contributed by atoms with E-state index in [1.165, 1.54) is 24.3 Å². The van der Waals surface area contributed by atoms with E-state index in [-0.39, 0.29) is 12.0 Å². The molecule has 7 heteroatoms. The Morgan fingerprint density at radius 1 is 1.07 bits per heavy atom. The van der Waals surface area contributed by atoms with E-state index in [9.17, 15) is 18.0 Å². The number of rotatable bonds is 8. The molecule has 2 rings (SSSR count). The molecular weight excluding hydrogens is 361 g/mol. The molecule has 0 bridgehead atoms. The highest BCUT2D eigenvalue weighted by Gasteiger charge is 2.33. The Bertz CT molecular complexity index is 752. The molecule has 0 aliphatic rings. The van der Waals surface area contributed by atoms with Gasteiger partial charge in [0.05, 0.1) is 11.7 Å². The van der Waals surface area contributed by atoms with Gasteiger partial charge in [-0.3, -0.25) is 4.74 Å². The second kappa shape index (κ2) is 9.23. The normalized spacial score (nSPS) is 12.3. The summed E-state index contributed by atoms with van der Waals surface area (Å²) in [7, 11) is 0. The number of hydrogen-bond donors (Lipinski definition) is 0. The summed E-state index contributed by atoms with van der Waals surface area (Å²) < 4.78 is 51.9. The Hall–Kier alpha value is -2.80. The molecule has 0 aliphatic heterocycles. The molecule has 0 radical (unpaired) electrons. The number of hydrogen-bond acceptors (Lipinski definition) is 4. The average molecular weight is 380 g/mol. The number of halogens is 3. The largest absolute Gasteiger partial charge is 0.523 e. The van der Waals surface area contributed by atoms with Crippen LogP contribution in [-0.2, 0) is 4.74 Å². The number of alkyl halides is 3. The van der Waals surface area contributed by atoms with E-state index in [0.29, 0.717) is 23.7 Å². The van der Waals surface area contributed by atoms with Gasteiger partial charge >= 0.3 is 12.3 Å². The second-order valence-electron chi connectivity index (χ2n) is 5.54. The predicted molar refractivity (Wildman–Crippen MR) is 93.7 cm³/mol. The SMILES string of the molecule is C=CCOc1ccc(OC(=O)c2ccc(C(CC)OC(F)(F)F)cc2)cc1. The summed E-state index contributed by atoms with van der Waals surface area (Å²) >= 11 is 0. The van der Waals surface area contributed by atoms with Gasteiger partial charge in [0, 0.05) is 0 Å². The third-order valence-electron chi connectivity index (χ3n) is 3.57. The summed E-state index contributed by atoms with van der Waals surface area (Å²) in [6, 6.07) is 12.1. The van der Waals surface area contributed by atoms with Crippen molar-refractivity contribution in [1.82, 2.24) is 0 Å². The fraction of sp³-hybridized carbons (Fsp3) is 0.250. The Labute approximate surface area is 155 Å². The Balaban J connectivity index is 2.01. The summed E-state index contributed by atoms with van der Waals surface area (Å²) in [5.41, 5.74) is 0.544. The van der Waals surface area contributed by atoms with Crippen LogP contribution in [0.25, 0.3) is 0 Å². The zero-order chi connectivity index (χ0) is 19.9. The molecular formula is C20H19F3O4. The van der Waals surface area contributed by atoms with E-state index in [0.717, 1.165) is 0 Å². The quantitative estimate of drug-likeness (QED) is 0.347. The Kier molecular flexibility index (Phi) is 7.01. The maximum absolute atomic E-state index is 12.4. The fourth-order valence-electron chi connectivity index (χ4n) is 2.31. The topological polar surface area (TPSA) is 44.8 Å². The molecule has 144 valence electrons. The van der Waals surface area contributed by atoms with Crippen molar-refractivity contribution < 1.29 is 32.2 Å². The molecule has 2 aromatic rings. The van der Waals surface area contributed by atoms with Crippen molar-refractivity contribution in [3.05, 3.63) is 72.3 Å². The average Bonchev–Trinajstić information content (AvgIpc) is 2.65. The van der Waals surface area contributed by atoms with Crippen LogP contribution in [0.4, 0.5) is 13.2 Å². The lowest BCUT2D eigenvalue weighted by atomic mass is 10.1. The first-order valence-corrected chi connectivity index (χ1v) is 8.23. The summed E-state index contributed by atoms with van der Waals surface area (Å²) in [6.45, 7) is 5.50. The Morgan fingerprint density at radius 3 is 2.19 bits per heavy atom. The monoisotopic (exact) mass is 380 g/mol. The minimum atomic E-state index is -4.72. The third kappa shape index (κ3) is 6.45. The van der Waals surface area contributed by atoms with Crippen LogP contribution < -0.4 is 9.47 Å². The van der Waals surface area contributed by atoms with Crippen LogP contribution in [0.2, 0.25) is 0 Å². The van der Waals surface area contributed by atoms with E-state index in [4.69, 9.17) is 9.47 Å². The van der Waals surface area contributed by atoms with Crippen molar-refractivity contribution in [2.45, 2.75) is 25.8 Å². The minimum Gasteiger partial charge on any atom is -0.490 e. The Morgan fingerprint density at radius 2 is 1.67 bits per heavy atom. The van der Waals surface area contributed by atoms with Crippen LogP contribution in [-0.4, -0.2) is 18.9 Å². The summed E-state index contributed by atoms with van der Waals surface area (Å²) in [4.78, 5) is 12.2. The van der Waals surface area contributed by atoms with E-state index in [1.54, 1.807) is 37.3 Å². The summed E-state index contributed by atoms with van der Waals surface area (Å²) in [6.07, 6.45) is -4.10. The van der Waals surface area contributed by atoms with E-state index in [2.05, 4.69) is 11.3 Å². The summed E-state index contributed by atoms with van der Waals surface area (Å²) in [5.74, 6) is 0.308. The van der Waals surface area contributed by atoms with Crippen molar-refractivity contribution >= 4 is 5.97 Å².